The number of aryl methyl sites for hydroxylation is 1. The molecule has 0 radical (unpaired) electrons. The summed E-state index contributed by atoms with van der Waals surface area (Å²) in [6.07, 6.45) is 3.22. The number of benzene rings is 1. The molecular weight excluding hydrogens is 405 g/mol. The number of carbonyl (C=O) groups excluding carboxylic acids is 1. The van der Waals surface area contributed by atoms with Gasteiger partial charge in [0.1, 0.15) is 5.01 Å². The van der Waals surface area contributed by atoms with E-state index in [0.717, 1.165) is 5.01 Å². The molecule has 3 heterocycles. The van der Waals surface area contributed by atoms with Gasteiger partial charge in [0.15, 0.2) is 5.65 Å². The topological polar surface area (TPSA) is 72.7 Å². The lowest BCUT2D eigenvalue weighted by atomic mass is 10.2. The van der Waals surface area contributed by atoms with Gasteiger partial charge in [0, 0.05) is 28.5 Å². The van der Waals surface area contributed by atoms with Crippen LogP contribution in [0.2, 0.25) is 10.0 Å². The van der Waals surface area contributed by atoms with Crippen molar-refractivity contribution in [1.82, 2.24) is 19.7 Å². The van der Waals surface area contributed by atoms with E-state index in [9.17, 15) is 4.79 Å². The lowest BCUT2D eigenvalue weighted by Gasteiger charge is -2.08. The molecule has 1 aromatic carbocycles. The van der Waals surface area contributed by atoms with Gasteiger partial charge in [-0.25, -0.2) is 14.6 Å². The van der Waals surface area contributed by atoms with Crippen molar-refractivity contribution in [2.75, 3.05) is 5.32 Å². The van der Waals surface area contributed by atoms with E-state index in [4.69, 9.17) is 23.2 Å². The molecule has 4 aromatic rings. The normalized spacial score (nSPS) is 11.1. The van der Waals surface area contributed by atoms with E-state index in [0.29, 0.717) is 39.0 Å². The predicted octanol–water partition coefficient (Wildman–Crippen LogP) is 4.80. The number of anilines is 1. The fraction of sp³-hybridized carbons (Fsp3) is 0.111. The maximum Gasteiger partial charge on any atom is 0.258 e. The zero-order valence-electron chi connectivity index (χ0n) is 14.1. The maximum absolute atomic E-state index is 12.6. The second-order valence-electron chi connectivity index (χ2n) is 5.81. The molecule has 0 fully saturated rings. The minimum absolute atomic E-state index is 0.288. The number of nitrogens with one attached hydrogen (secondary N) is 1. The van der Waals surface area contributed by atoms with Crippen LogP contribution in [0.25, 0.3) is 11.0 Å². The Morgan fingerprint density at radius 1 is 1.22 bits per heavy atom. The van der Waals surface area contributed by atoms with Gasteiger partial charge in [-0.2, -0.15) is 5.10 Å². The highest BCUT2D eigenvalue weighted by atomic mass is 35.5. The molecule has 0 saturated heterocycles. The highest BCUT2D eigenvalue weighted by molar-refractivity contribution is 7.09. The number of rotatable bonds is 4. The molecule has 0 atom stereocenters. The van der Waals surface area contributed by atoms with Gasteiger partial charge in [0.25, 0.3) is 5.91 Å². The number of halogens is 2. The second-order valence-corrected chi connectivity index (χ2v) is 7.61. The molecule has 27 heavy (non-hydrogen) atoms. The Morgan fingerprint density at radius 3 is 2.70 bits per heavy atom. The molecule has 1 amide bonds. The van der Waals surface area contributed by atoms with E-state index in [1.54, 1.807) is 46.5 Å². The number of hydrogen-bond acceptors (Lipinski definition) is 5. The van der Waals surface area contributed by atoms with Crippen LogP contribution in [0.3, 0.4) is 0 Å². The summed E-state index contributed by atoms with van der Waals surface area (Å²) in [6.45, 7) is 2.34. The van der Waals surface area contributed by atoms with Crippen LogP contribution < -0.4 is 5.32 Å². The molecule has 0 aliphatic rings. The Labute approximate surface area is 168 Å². The number of carbonyl (C=O) groups is 1. The molecule has 0 saturated carbocycles. The van der Waals surface area contributed by atoms with Crippen molar-refractivity contribution in [2.45, 2.75) is 13.5 Å². The lowest BCUT2D eigenvalue weighted by Crippen LogP contribution is -2.13. The first-order valence-electron chi connectivity index (χ1n) is 8.00. The number of pyridine rings is 1. The SMILES string of the molecule is Cc1nn(Cc2nccs2)c2ncc(C(=O)Nc3ccc(Cl)cc3)c(Cl)c12. The third-order valence-corrected chi connectivity index (χ3v) is 5.40. The van der Waals surface area contributed by atoms with Crippen LogP contribution in [-0.2, 0) is 6.54 Å². The highest BCUT2D eigenvalue weighted by Crippen LogP contribution is 2.29. The van der Waals surface area contributed by atoms with E-state index < -0.39 is 0 Å². The zero-order valence-corrected chi connectivity index (χ0v) is 16.4. The maximum atomic E-state index is 12.6. The van der Waals surface area contributed by atoms with E-state index >= 15 is 0 Å². The van der Waals surface area contributed by atoms with Gasteiger partial charge in [-0.15, -0.1) is 11.3 Å². The molecule has 0 spiro atoms. The van der Waals surface area contributed by atoms with Crippen LogP contribution in [0.15, 0.2) is 42.0 Å². The Bertz CT molecular complexity index is 1120. The van der Waals surface area contributed by atoms with E-state index in [1.165, 1.54) is 6.20 Å². The molecule has 0 unspecified atom stereocenters. The summed E-state index contributed by atoms with van der Waals surface area (Å²) in [5.74, 6) is -0.344. The van der Waals surface area contributed by atoms with Gasteiger partial charge >= 0.3 is 0 Å². The van der Waals surface area contributed by atoms with E-state index in [-0.39, 0.29) is 11.5 Å². The van der Waals surface area contributed by atoms with Crippen molar-refractivity contribution in [3.8, 4) is 0 Å². The largest absolute Gasteiger partial charge is 0.322 e. The van der Waals surface area contributed by atoms with E-state index in [2.05, 4.69) is 20.4 Å². The first-order chi connectivity index (χ1) is 13.0. The number of amides is 1. The molecule has 9 heteroatoms. The number of aromatic nitrogens is 4. The van der Waals surface area contributed by atoms with Crippen molar-refractivity contribution in [3.63, 3.8) is 0 Å². The summed E-state index contributed by atoms with van der Waals surface area (Å²) in [5.41, 5.74) is 2.24. The van der Waals surface area contributed by atoms with Crippen LogP contribution in [-0.4, -0.2) is 25.7 Å². The smallest absolute Gasteiger partial charge is 0.258 e. The number of thiazole rings is 1. The summed E-state index contributed by atoms with van der Waals surface area (Å²) in [7, 11) is 0. The summed E-state index contributed by atoms with van der Waals surface area (Å²) in [6, 6.07) is 6.84. The lowest BCUT2D eigenvalue weighted by molar-refractivity contribution is 0.102. The second kappa shape index (κ2) is 7.26. The molecule has 0 aliphatic carbocycles. The number of hydrogen-bond donors (Lipinski definition) is 1. The highest BCUT2D eigenvalue weighted by Gasteiger charge is 2.20. The first kappa shape index (κ1) is 17.9. The monoisotopic (exact) mass is 417 g/mol. The summed E-state index contributed by atoms with van der Waals surface area (Å²) < 4.78 is 1.75. The van der Waals surface area contributed by atoms with Gasteiger partial charge in [0.2, 0.25) is 0 Å². The Balaban J connectivity index is 1.68. The standard InChI is InChI=1S/C18H13Cl2N5OS/c1-10-15-16(20)13(18(26)23-12-4-2-11(19)3-5-12)8-22-17(15)25(24-10)9-14-21-6-7-27-14/h2-8H,9H2,1H3,(H,23,26). The van der Waals surface area contributed by atoms with Crippen molar-refractivity contribution in [3.05, 3.63) is 68.3 Å². The summed E-state index contributed by atoms with van der Waals surface area (Å²) in [5, 5.41) is 11.7. The van der Waals surface area contributed by atoms with Crippen LogP contribution >= 0.6 is 34.5 Å². The van der Waals surface area contributed by atoms with Crippen LogP contribution in [0, 0.1) is 6.92 Å². The average Bonchev–Trinajstić information content (AvgIpc) is 3.26. The number of fused-ring (bicyclic) bond motifs is 1. The summed E-state index contributed by atoms with van der Waals surface area (Å²) >= 11 is 14.0. The van der Waals surface area contributed by atoms with Crippen LogP contribution in [0.4, 0.5) is 5.69 Å². The molecule has 0 bridgehead atoms. The Kier molecular flexibility index (Phi) is 4.82. The van der Waals surface area contributed by atoms with Crippen molar-refractivity contribution in [1.29, 1.82) is 0 Å². The fourth-order valence-corrected chi connectivity index (χ4v) is 3.81. The van der Waals surface area contributed by atoms with Gasteiger partial charge in [0.05, 0.1) is 28.2 Å². The fourth-order valence-electron chi connectivity index (χ4n) is 2.73. The molecule has 1 N–H and O–H groups in total. The molecule has 0 aliphatic heterocycles. The zero-order chi connectivity index (χ0) is 19.0. The predicted molar refractivity (Wildman–Crippen MR) is 108 cm³/mol. The minimum atomic E-state index is -0.344. The number of nitrogens with zero attached hydrogens (tertiary/aromatic N) is 4. The van der Waals surface area contributed by atoms with Crippen molar-refractivity contribution < 1.29 is 4.79 Å². The van der Waals surface area contributed by atoms with Gasteiger partial charge in [-0.05, 0) is 31.2 Å². The van der Waals surface area contributed by atoms with Crippen molar-refractivity contribution in [2.24, 2.45) is 0 Å². The van der Waals surface area contributed by atoms with Gasteiger partial charge in [-0.3, -0.25) is 4.79 Å². The minimum Gasteiger partial charge on any atom is -0.322 e. The third kappa shape index (κ3) is 3.53. The van der Waals surface area contributed by atoms with Crippen LogP contribution in [0.5, 0.6) is 0 Å². The third-order valence-electron chi connectivity index (χ3n) is 3.99. The Morgan fingerprint density at radius 2 is 2.00 bits per heavy atom. The van der Waals surface area contributed by atoms with Crippen molar-refractivity contribution >= 4 is 57.2 Å². The Hall–Kier alpha value is -2.48. The van der Waals surface area contributed by atoms with Crippen LogP contribution in [0.1, 0.15) is 21.1 Å². The summed E-state index contributed by atoms with van der Waals surface area (Å²) in [4.78, 5) is 21.3. The first-order valence-corrected chi connectivity index (χ1v) is 9.63. The van der Waals surface area contributed by atoms with Gasteiger partial charge in [-0.1, -0.05) is 23.2 Å². The molecule has 6 nitrogen and oxygen atoms in total. The quantitative estimate of drug-likeness (QED) is 0.517. The molecule has 3 aromatic heterocycles. The van der Waals surface area contributed by atoms with Gasteiger partial charge < -0.3 is 5.32 Å². The molecule has 136 valence electrons. The molecular formula is C18H13Cl2N5OS. The van der Waals surface area contributed by atoms with E-state index in [1.807, 2.05) is 12.3 Å². The average molecular weight is 418 g/mol. The molecule has 4 rings (SSSR count).